The van der Waals surface area contributed by atoms with Crippen molar-refractivity contribution in [3.8, 4) is 0 Å². The van der Waals surface area contributed by atoms with Crippen molar-refractivity contribution in [3.05, 3.63) is 29.8 Å². The molecule has 2 atom stereocenters. The van der Waals surface area contributed by atoms with Gasteiger partial charge in [0.05, 0.1) is 6.20 Å². The number of hydrogen-bond donors (Lipinski definition) is 1. The molecule has 0 aromatic carbocycles. The molecule has 1 aliphatic heterocycles. The van der Waals surface area contributed by atoms with E-state index < -0.39 is 0 Å². The summed E-state index contributed by atoms with van der Waals surface area (Å²) in [5, 5.41) is 3.54. The highest BCUT2D eigenvalue weighted by molar-refractivity contribution is 5.15. The molecule has 118 valence electrons. The predicted octanol–water partition coefficient (Wildman–Crippen LogP) is 1.90. The molecule has 4 nitrogen and oxygen atoms in total. The molecule has 2 heterocycles. The zero-order valence-electron chi connectivity index (χ0n) is 13.3. The van der Waals surface area contributed by atoms with Gasteiger partial charge in [-0.25, -0.2) is 4.39 Å². The Morgan fingerprint density at radius 1 is 1.38 bits per heavy atom. The van der Waals surface area contributed by atoms with Crippen molar-refractivity contribution < 1.29 is 4.39 Å². The lowest BCUT2D eigenvalue weighted by molar-refractivity contribution is 0.101. The van der Waals surface area contributed by atoms with Gasteiger partial charge in [0, 0.05) is 37.9 Å². The minimum Gasteiger partial charge on any atom is -0.310 e. The largest absolute Gasteiger partial charge is 0.310 e. The lowest BCUT2D eigenvalue weighted by atomic mass is 9.98. The van der Waals surface area contributed by atoms with Crippen LogP contribution in [0.3, 0.4) is 0 Å². The molecule has 1 fully saturated rings. The third kappa shape index (κ3) is 4.73. The van der Waals surface area contributed by atoms with Gasteiger partial charge in [0.2, 0.25) is 0 Å². The number of nitrogens with zero attached hydrogens (tertiary/aromatic N) is 3. The molecular formula is C16H27FN4. The summed E-state index contributed by atoms with van der Waals surface area (Å²) in [6.45, 7) is 6.34. The van der Waals surface area contributed by atoms with E-state index in [0.717, 1.165) is 44.6 Å². The maximum Gasteiger partial charge on any atom is 0.141 e. The van der Waals surface area contributed by atoms with E-state index in [9.17, 15) is 4.39 Å². The normalized spacial score (nSPS) is 22.4. The van der Waals surface area contributed by atoms with Crippen LogP contribution in [0, 0.1) is 5.82 Å². The fourth-order valence-electron chi connectivity index (χ4n) is 2.90. The van der Waals surface area contributed by atoms with E-state index >= 15 is 0 Å². The number of pyridine rings is 1. The third-order valence-corrected chi connectivity index (χ3v) is 4.26. The summed E-state index contributed by atoms with van der Waals surface area (Å²) in [6, 6.07) is 2.25. The van der Waals surface area contributed by atoms with Crippen LogP contribution in [0.5, 0.6) is 0 Å². The van der Waals surface area contributed by atoms with Gasteiger partial charge in [-0.15, -0.1) is 0 Å². The Morgan fingerprint density at radius 2 is 2.19 bits per heavy atom. The van der Waals surface area contributed by atoms with Gasteiger partial charge in [0.15, 0.2) is 0 Å². The molecule has 1 aromatic rings. The Morgan fingerprint density at radius 3 is 2.90 bits per heavy atom. The molecule has 0 amide bonds. The van der Waals surface area contributed by atoms with E-state index in [2.05, 4.69) is 41.1 Å². The Hall–Kier alpha value is -1.04. The van der Waals surface area contributed by atoms with Crippen LogP contribution in [0.15, 0.2) is 18.5 Å². The van der Waals surface area contributed by atoms with Gasteiger partial charge in [-0.3, -0.25) is 4.98 Å². The molecule has 0 bridgehead atoms. The minimum absolute atomic E-state index is 0.159. The van der Waals surface area contributed by atoms with Gasteiger partial charge in [0.25, 0.3) is 0 Å². The van der Waals surface area contributed by atoms with Gasteiger partial charge in [-0.05, 0) is 45.1 Å². The van der Waals surface area contributed by atoms with Crippen LogP contribution in [-0.4, -0.2) is 61.1 Å². The monoisotopic (exact) mass is 294 g/mol. The van der Waals surface area contributed by atoms with Gasteiger partial charge in [0.1, 0.15) is 5.82 Å². The number of piperazine rings is 1. The highest BCUT2D eigenvalue weighted by Gasteiger charge is 2.26. The first-order valence-corrected chi connectivity index (χ1v) is 7.82. The van der Waals surface area contributed by atoms with Gasteiger partial charge < -0.3 is 15.1 Å². The summed E-state index contributed by atoms with van der Waals surface area (Å²) in [6.07, 6.45) is 5.09. The number of hydrogen-bond acceptors (Lipinski definition) is 4. The zero-order valence-corrected chi connectivity index (χ0v) is 13.3. The Labute approximate surface area is 127 Å². The molecule has 5 heteroatoms. The van der Waals surface area contributed by atoms with Crippen molar-refractivity contribution >= 4 is 0 Å². The lowest BCUT2D eigenvalue weighted by Crippen LogP contribution is -2.51. The van der Waals surface area contributed by atoms with Crippen molar-refractivity contribution in [1.29, 1.82) is 0 Å². The maximum atomic E-state index is 13.5. The number of aromatic nitrogens is 1. The summed E-state index contributed by atoms with van der Waals surface area (Å²) < 4.78 is 13.5. The van der Waals surface area contributed by atoms with Crippen molar-refractivity contribution in [2.75, 3.05) is 40.3 Å². The number of halogens is 1. The van der Waals surface area contributed by atoms with E-state index in [1.807, 2.05) is 0 Å². The van der Waals surface area contributed by atoms with Crippen molar-refractivity contribution in [2.24, 2.45) is 0 Å². The van der Waals surface area contributed by atoms with E-state index in [1.54, 1.807) is 12.3 Å². The smallest absolute Gasteiger partial charge is 0.141 e. The quantitative estimate of drug-likeness (QED) is 0.868. The second kappa shape index (κ2) is 7.82. The van der Waals surface area contributed by atoms with Crippen LogP contribution in [0.1, 0.15) is 31.4 Å². The molecule has 21 heavy (non-hydrogen) atoms. The van der Waals surface area contributed by atoms with Crippen LogP contribution in [0.25, 0.3) is 0 Å². The molecule has 0 radical (unpaired) electrons. The summed E-state index contributed by atoms with van der Waals surface area (Å²) in [5.74, 6) is -0.259. The molecule has 1 saturated heterocycles. The molecule has 0 aliphatic carbocycles. The average Bonchev–Trinajstić information content (AvgIpc) is 2.47. The van der Waals surface area contributed by atoms with Gasteiger partial charge in [-0.2, -0.15) is 0 Å². The molecule has 0 saturated carbocycles. The number of likely N-dealkylation sites (N-methyl/N-ethyl adjacent to an activating group) is 2. The first-order chi connectivity index (χ1) is 10.1. The fraction of sp³-hybridized carbons (Fsp3) is 0.688. The second-order valence-electron chi connectivity index (χ2n) is 6.08. The SMILES string of the molecule is CCCNC(CC1CN(C)CCN1C)c1cncc(F)c1. The topological polar surface area (TPSA) is 31.4 Å². The molecule has 1 N–H and O–H groups in total. The highest BCUT2D eigenvalue weighted by atomic mass is 19.1. The van der Waals surface area contributed by atoms with Gasteiger partial charge in [-0.1, -0.05) is 6.92 Å². The summed E-state index contributed by atoms with van der Waals surface area (Å²) >= 11 is 0. The fourth-order valence-corrected chi connectivity index (χ4v) is 2.90. The Bertz CT molecular complexity index is 440. The van der Waals surface area contributed by atoms with Crippen molar-refractivity contribution in [1.82, 2.24) is 20.1 Å². The first kappa shape index (κ1) is 16.3. The summed E-state index contributed by atoms with van der Waals surface area (Å²) in [4.78, 5) is 8.78. The molecular weight excluding hydrogens is 267 g/mol. The van der Waals surface area contributed by atoms with Crippen LogP contribution < -0.4 is 5.32 Å². The number of rotatable bonds is 6. The first-order valence-electron chi connectivity index (χ1n) is 7.82. The molecule has 1 aliphatic rings. The summed E-state index contributed by atoms with van der Waals surface area (Å²) in [7, 11) is 4.34. The molecule has 2 unspecified atom stereocenters. The van der Waals surface area contributed by atoms with Crippen LogP contribution >= 0.6 is 0 Å². The van der Waals surface area contributed by atoms with Crippen molar-refractivity contribution in [2.45, 2.75) is 31.8 Å². The average molecular weight is 294 g/mol. The third-order valence-electron chi connectivity index (χ3n) is 4.26. The lowest BCUT2D eigenvalue weighted by Gasteiger charge is -2.39. The second-order valence-corrected chi connectivity index (χ2v) is 6.08. The maximum absolute atomic E-state index is 13.5. The number of nitrogens with one attached hydrogen (secondary N) is 1. The van der Waals surface area contributed by atoms with Crippen LogP contribution in [-0.2, 0) is 0 Å². The van der Waals surface area contributed by atoms with E-state index in [4.69, 9.17) is 0 Å². The Balaban J connectivity index is 2.08. The van der Waals surface area contributed by atoms with Gasteiger partial charge >= 0.3 is 0 Å². The minimum atomic E-state index is -0.259. The van der Waals surface area contributed by atoms with E-state index in [-0.39, 0.29) is 11.9 Å². The standard InChI is InChI=1S/C16H27FN4/c1-4-5-19-16(13-8-14(17)11-18-10-13)9-15-12-20(2)6-7-21(15)3/h8,10-11,15-16,19H,4-7,9,12H2,1-3H3. The van der Waals surface area contributed by atoms with Crippen LogP contribution in [0.4, 0.5) is 4.39 Å². The molecule has 1 aromatic heterocycles. The predicted molar refractivity (Wildman–Crippen MR) is 83.8 cm³/mol. The van der Waals surface area contributed by atoms with Crippen LogP contribution in [0.2, 0.25) is 0 Å². The summed E-state index contributed by atoms with van der Waals surface area (Å²) in [5.41, 5.74) is 0.949. The molecule has 0 spiro atoms. The Kier molecular flexibility index (Phi) is 6.08. The van der Waals surface area contributed by atoms with E-state index in [1.165, 1.54) is 6.20 Å². The molecule has 2 rings (SSSR count). The van der Waals surface area contributed by atoms with E-state index in [0.29, 0.717) is 6.04 Å². The van der Waals surface area contributed by atoms with Crippen molar-refractivity contribution in [3.63, 3.8) is 0 Å². The highest BCUT2D eigenvalue weighted by Crippen LogP contribution is 2.22. The zero-order chi connectivity index (χ0) is 15.2.